The SMILES string of the molecule is C=CCN1C[C@H](CCl)[C@H](CS(=O)(=O)c2ccc(C)cc2)C1=O. The smallest absolute Gasteiger partial charge is 0.227 e. The van der Waals surface area contributed by atoms with Crippen molar-refractivity contribution in [3.05, 3.63) is 42.5 Å². The van der Waals surface area contributed by atoms with Gasteiger partial charge < -0.3 is 4.90 Å². The molecule has 0 aliphatic carbocycles. The minimum Gasteiger partial charge on any atom is -0.338 e. The lowest BCUT2D eigenvalue weighted by Gasteiger charge is -2.15. The van der Waals surface area contributed by atoms with Crippen LogP contribution in [0.2, 0.25) is 0 Å². The second-order valence-corrected chi connectivity index (χ2v) is 7.99. The maximum atomic E-state index is 12.5. The summed E-state index contributed by atoms with van der Waals surface area (Å²) >= 11 is 5.93. The van der Waals surface area contributed by atoms with E-state index in [4.69, 9.17) is 11.6 Å². The van der Waals surface area contributed by atoms with Crippen molar-refractivity contribution >= 4 is 27.3 Å². The largest absolute Gasteiger partial charge is 0.338 e. The van der Waals surface area contributed by atoms with Crippen molar-refractivity contribution in [2.24, 2.45) is 11.8 Å². The number of alkyl halides is 1. The molecule has 1 aromatic carbocycles. The van der Waals surface area contributed by atoms with Crippen LogP contribution in [0, 0.1) is 18.8 Å². The number of aryl methyl sites for hydroxylation is 1. The fourth-order valence-electron chi connectivity index (χ4n) is 2.70. The Balaban J connectivity index is 2.22. The van der Waals surface area contributed by atoms with E-state index in [1.165, 1.54) is 0 Å². The van der Waals surface area contributed by atoms with Gasteiger partial charge in [0.1, 0.15) is 0 Å². The summed E-state index contributed by atoms with van der Waals surface area (Å²) in [5.74, 6) is -0.799. The summed E-state index contributed by atoms with van der Waals surface area (Å²) in [4.78, 5) is 14.3. The summed E-state index contributed by atoms with van der Waals surface area (Å²) in [6, 6.07) is 6.68. The molecule has 2 atom stereocenters. The Bertz CT molecular complexity index is 654. The molecule has 0 spiro atoms. The molecule has 0 saturated carbocycles. The molecule has 120 valence electrons. The number of amides is 1. The zero-order valence-corrected chi connectivity index (χ0v) is 14.1. The number of benzene rings is 1. The highest BCUT2D eigenvalue weighted by Crippen LogP contribution is 2.29. The molecule has 1 aliphatic rings. The molecular weight excluding hydrogens is 322 g/mol. The van der Waals surface area contributed by atoms with Gasteiger partial charge in [-0.2, -0.15) is 0 Å². The van der Waals surface area contributed by atoms with E-state index in [9.17, 15) is 13.2 Å². The van der Waals surface area contributed by atoms with Gasteiger partial charge in [0.2, 0.25) is 5.91 Å². The molecule has 1 aliphatic heterocycles. The van der Waals surface area contributed by atoms with Gasteiger partial charge in [-0.3, -0.25) is 4.79 Å². The molecule has 1 saturated heterocycles. The Morgan fingerprint density at radius 2 is 2.00 bits per heavy atom. The van der Waals surface area contributed by atoms with E-state index >= 15 is 0 Å². The predicted octanol–water partition coefficient (Wildman–Crippen LogP) is 2.27. The van der Waals surface area contributed by atoms with Crippen molar-refractivity contribution in [3.63, 3.8) is 0 Å². The summed E-state index contributed by atoms with van der Waals surface area (Å²) in [6.07, 6.45) is 1.64. The average molecular weight is 342 g/mol. The molecule has 0 radical (unpaired) electrons. The molecule has 1 amide bonds. The Kier molecular flexibility index (Phi) is 5.29. The fraction of sp³-hybridized carbons (Fsp3) is 0.438. The molecule has 0 aromatic heterocycles. The van der Waals surface area contributed by atoms with E-state index in [0.717, 1.165) is 5.56 Å². The topological polar surface area (TPSA) is 54.5 Å². The summed E-state index contributed by atoms with van der Waals surface area (Å²) in [5, 5.41) is 0. The zero-order chi connectivity index (χ0) is 16.3. The predicted molar refractivity (Wildman–Crippen MR) is 87.7 cm³/mol. The lowest BCUT2D eigenvalue weighted by Crippen LogP contribution is -2.30. The molecule has 1 fully saturated rings. The maximum absolute atomic E-state index is 12.5. The summed E-state index contributed by atoms with van der Waals surface area (Å²) in [5.41, 5.74) is 0.992. The van der Waals surface area contributed by atoms with E-state index < -0.39 is 15.8 Å². The highest BCUT2D eigenvalue weighted by molar-refractivity contribution is 7.91. The third kappa shape index (κ3) is 3.52. The Morgan fingerprint density at radius 1 is 1.36 bits per heavy atom. The van der Waals surface area contributed by atoms with Crippen LogP contribution in [0.25, 0.3) is 0 Å². The first kappa shape index (κ1) is 17.0. The van der Waals surface area contributed by atoms with Gasteiger partial charge in [-0.25, -0.2) is 8.42 Å². The third-order valence-electron chi connectivity index (χ3n) is 3.98. The van der Waals surface area contributed by atoms with Crippen molar-refractivity contribution in [2.75, 3.05) is 24.7 Å². The molecule has 4 nitrogen and oxygen atoms in total. The van der Waals surface area contributed by atoms with E-state index in [-0.39, 0.29) is 28.4 Å². The van der Waals surface area contributed by atoms with Crippen LogP contribution < -0.4 is 0 Å². The molecule has 0 unspecified atom stereocenters. The molecule has 6 heteroatoms. The molecule has 1 aromatic rings. The minimum absolute atomic E-state index is 0.144. The van der Waals surface area contributed by atoms with E-state index in [1.54, 1.807) is 35.2 Å². The van der Waals surface area contributed by atoms with Crippen molar-refractivity contribution in [1.82, 2.24) is 4.90 Å². The standard InChI is InChI=1S/C16H20ClNO3S/c1-3-8-18-10-13(9-17)15(16(18)19)11-22(20,21)14-6-4-12(2)5-7-14/h3-7,13,15H,1,8-11H2,2H3/t13-,15-/m0/s1. The normalized spacial score (nSPS) is 22.1. The Labute approximate surface area is 136 Å². The van der Waals surface area contributed by atoms with Crippen LogP contribution in [0.1, 0.15) is 5.56 Å². The summed E-state index contributed by atoms with van der Waals surface area (Å²) < 4.78 is 25.1. The monoisotopic (exact) mass is 341 g/mol. The fourth-order valence-corrected chi connectivity index (χ4v) is 4.64. The van der Waals surface area contributed by atoms with Gasteiger partial charge in [-0.1, -0.05) is 23.8 Å². The molecule has 2 rings (SSSR count). The number of halogens is 1. The van der Waals surface area contributed by atoms with Crippen LogP contribution in [0.15, 0.2) is 41.8 Å². The second-order valence-electron chi connectivity index (χ2n) is 5.65. The van der Waals surface area contributed by atoms with Crippen LogP contribution in [0.4, 0.5) is 0 Å². The van der Waals surface area contributed by atoms with Gasteiger partial charge >= 0.3 is 0 Å². The molecule has 22 heavy (non-hydrogen) atoms. The number of rotatable bonds is 6. The second kappa shape index (κ2) is 6.84. The average Bonchev–Trinajstić information content (AvgIpc) is 2.76. The number of sulfone groups is 1. The quantitative estimate of drug-likeness (QED) is 0.589. The van der Waals surface area contributed by atoms with E-state index in [0.29, 0.717) is 13.1 Å². The van der Waals surface area contributed by atoms with Gasteiger partial charge in [0.15, 0.2) is 9.84 Å². The third-order valence-corrected chi connectivity index (χ3v) is 6.16. The lowest BCUT2D eigenvalue weighted by atomic mass is 10.00. The summed E-state index contributed by atoms with van der Waals surface area (Å²) in [7, 11) is -3.51. The van der Waals surface area contributed by atoms with Crippen molar-refractivity contribution in [1.29, 1.82) is 0 Å². The highest BCUT2D eigenvalue weighted by Gasteiger charge is 2.41. The van der Waals surface area contributed by atoms with Gasteiger partial charge in [0.25, 0.3) is 0 Å². The Morgan fingerprint density at radius 3 is 2.55 bits per heavy atom. The lowest BCUT2D eigenvalue weighted by molar-refractivity contribution is -0.130. The highest BCUT2D eigenvalue weighted by atomic mass is 35.5. The van der Waals surface area contributed by atoms with Crippen LogP contribution in [-0.2, 0) is 14.6 Å². The van der Waals surface area contributed by atoms with Crippen molar-refractivity contribution in [3.8, 4) is 0 Å². The number of hydrogen-bond donors (Lipinski definition) is 0. The van der Waals surface area contributed by atoms with Gasteiger partial charge in [-0.05, 0) is 19.1 Å². The number of nitrogens with zero attached hydrogens (tertiary/aromatic N) is 1. The van der Waals surface area contributed by atoms with Gasteiger partial charge in [0, 0.05) is 24.9 Å². The number of carbonyl (C=O) groups excluding carboxylic acids is 1. The first-order valence-electron chi connectivity index (χ1n) is 7.14. The minimum atomic E-state index is -3.51. The van der Waals surface area contributed by atoms with Gasteiger partial charge in [-0.15, -0.1) is 18.2 Å². The zero-order valence-electron chi connectivity index (χ0n) is 12.5. The van der Waals surface area contributed by atoms with Crippen LogP contribution in [0.5, 0.6) is 0 Å². The number of carbonyl (C=O) groups is 1. The van der Waals surface area contributed by atoms with E-state index in [2.05, 4.69) is 6.58 Å². The summed E-state index contributed by atoms with van der Waals surface area (Å²) in [6.45, 7) is 6.43. The van der Waals surface area contributed by atoms with E-state index in [1.807, 2.05) is 6.92 Å². The van der Waals surface area contributed by atoms with Crippen LogP contribution in [-0.4, -0.2) is 43.9 Å². The maximum Gasteiger partial charge on any atom is 0.227 e. The number of likely N-dealkylation sites (tertiary alicyclic amines) is 1. The van der Waals surface area contributed by atoms with Gasteiger partial charge in [0.05, 0.1) is 16.6 Å². The van der Waals surface area contributed by atoms with Crippen LogP contribution in [0.3, 0.4) is 0 Å². The van der Waals surface area contributed by atoms with Crippen LogP contribution >= 0.6 is 11.6 Å². The first-order chi connectivity index (χ1) is 10.4. The molecule has 1 heterocycles. The van der Waals surface area contributed by atoms with Crippen molar-refractivity contribution in [2.45, 2.75) is 11.8 Å². The molecule has 0 N–H and O–H groups in total. The molecule has 0 bridgehead atoms. The number of hydrogen-bond acceptors (Lipinski definition) is 3. The van der Waals surface area contributed by atoms with Crippen molar-refractivity contribution < 1.29 is 13.2 Å². The molecular formula is C16H20ClNO3S. The first-order valence-corrected chi connectivity index (χ1v) is 9.32. The Hall–Kier alpha value is -1.33.